The molecular weight excluding hydrogens is 500 g/mol. The number of amides is 2. The number of hydrogen-bond donors (Lipinski definition) is 1. The van der Waals surface area contributed by atoms with Crippen molar-refractivity contribution in [2.24, 2.45) is 0 Å². The standard InChI is InChI=1S/C33H22N4O3/c1-40-28-13-3-2-10-24(28)27-19-21-9-6-18-34-30(21)36-31(27)35-22-14-16-23(17-15-22)37-32(38)25-11-4-7-20-8-5-12-26(29(20)25)33(37)39/h2-19H,1H3,(H,34,35,36). The summed E-state index contributed by atoms with van der Waals surface area (Å²) in [6, 6.07) is 31.9. The van der Waals surface area contributed by atoms with Crippen LogP contribution in [0.1, 0.15) is 20.7 Å². The molecule has 6 aromatic rings. The Kier molecular flexibility index (Phi) is 5.49. The van der Waals surface area contributed by atoms with Crippen molar-refractivity contribution in [1.82, 2.24) is 9.97 Å². The van der Waals surface area contributed by atoms with Crippen LogP contribution in [0.25, 0.3) is 32.9 Å². The molecule has 7 heteroatoms. The van der Waals surface area contributed by atoms with E-state index in [9.17, 15) is 9.59 Å². The van der Waals surface area contributed by atoms with Crippen LogP contribution >= 0.6 is 0 Å². The lowest BCUT2D eigenvalue weighted by Gasteiger charge is -2.27. The first-order valence-electron chi connectivity index (χ1n) is 12.8. The van der Waals surface area contributed by atoms with Gasteiger partial charge in [0.25, 0.3) is 11.8 Å². The lowest BCUT2D eigenvalue weighted by atomic mass is 9.94. The summed E-state index contributed by atoms with van der Waals surface area (Å²) in [5, 5.41) is 5.89. The number of nitrogens with one attached hydrogen (secondary N) is 1. The second-order valence-electron chi connectivity index (χ2n) is 9.46. The molecule has 0 saturated heterocycles. The fourth-order valence-corrected chi connectivity index (χ4v) is 5.27. The van der Waals surface area contributed by atoms with Crippen LogP contribution in [0.15, 0.2) is 109 Å². The molecule has 1 N–H and O–H groups in total. The zero-order chi connectivity index (χ0) is 27.2. The van der Waals surface area contributed by atoms with Gasteiger partial charge in [-0.3, -0.25) is 9.59 Å². The first-order chi connectivity index (χ1) is 19.6. The van der Waals surface area contributed by atoms with Gasteiger partial charge in [-0.15, -0.1) is 0 Å². The molecule has 0 atom stereocenters. The third-order valence-corrected chi connectivity index (χ3v) is 7.15. The number of carbonyl (C=O) groups is 2. The molecule has 4 aromatic carbocycles. The van der Waals surface area contributed by atoms with E-state index in [1.807, 2.05) is 78.9 Å². The van der Waals surface area contributed by atoms with Gasteiger partial charge in [-0.05, 0) is 66.0 Å². The minimum atomic E-state index is -0.337. The molecule has 3 heterocycles. The molecule has 2 amide bonds. The SMILES string of the molecule is COc1ccccc1-c1cc2cccnc2nc1Nc1ccc(N2C(=O)c3cccc4cccc(c34)C2=O)cc1. The van der Waals surface area contributed by atoms with Crippen molar-refractivity contribution in [3.8, 4) is 16.9 Å². The molecule has 0 spiro atoms. The first-order valence-corrected chi connectivity index (χ1v) is 12.8. The van der Waals surface area contributed by atoms with Gasteiger partial charge in [0.1, 0.15) is 11.6 Å². The number of methoxy groups -OCH3 is 1. The highest BCUT2D eigenvalue weighted by Gasteiger charge is 2.33. The van der Waals surface area contributed by atoms with Crippen LogP contribution in [0, 0.1) is 0 Å². The Labute approximate surface area is 229 Å². The van der Waals surface area contributed by atoms with Crippen LogP contribution in [0.5, 0.6) is 5.75 Å². The van der Waals surface area contributed by atoms with E-state index in [1.54, 1.807) is 37.6 Å². The van der Waals surface area contributed by atoms with Crippen molar-refractivity contribution in [1.29, 1.82) is 0 Å². The Bertz CT molecular complexity index is 1920. The Balaban J connectivity index is 1.26. The molecule has 7 nitrogen and oxygen atoms in total. The molecule has 1 aliphatic heterocycles. The van der Waals surface area contributed by atoms with Gasteiger partial charge in [-0.25, -0.2) is 14.9 Å². The van der Waals surface area contributed by atoms with E-state index in [0.29, 0.717) is 33.7 Å². The maximum atomic E-state index is 13.4. The highest BCUT2D eigenvalue weighted by atomic mass is 16.5. The number of carbonyl (C=O) groups excluding carboxylic acids is 2. The molecule has 1 aliphatic rings. The average molecular weight is 523 g/mol. The number of pyridine rings is 2. The van der Waals surface area contributed by atoms with Gasteiger partial charge in [0.15, 0.2) is 5.65 Å². The number of ether oxygens (including phenoxy) is 1. The number of benzene rings is 4. The molecule has 0 radical (unpaired) electrons. The quantitative estimate of drug-likeness (QED) is 0.245. The summed E-state index contributed by atoms with van der Waals surface area (Å²) in [5.74, 6) is 0.656. The van der Waals surface area contributed by atoms with Crippen LogP contribution in [0.4, 0.5) is 17.2 Å². The number of para-hydroxylation sites is 1. The predicted octanol–water partition coefficient (Wildman–Crippen LogP) is 7.00. The minimum absolute atomic E-state index is 0.337. The first kappa shape index (κ1) is 23.5. The summed E-state index contributed by atoms with van der Waals surface area (Å²) >= 11 is 0. The van der Waals surface area contributed by atoms with Gasteiger partial charge in [-0.1, -0.05) is 42.5 Å². The van der Waals surface area contributed by atoms with Gasteiger partial charge >= 0.3 is 0 Å². The minimum Gasteiger partial charge on any atom is -0.496 e. The van der Waals surface area contributed by atoms with Crippen molar-refractivity contribution in [2.75, 3.05) is 17.3 Å². The van der Waals surface area contributed by atoms with Crippen LogP contribution in [0.3, 0.4) is 0 Å². The Hall–Kier alpha value is -5.56. The highest BCUT2D eigenvalue weighted by molar-refractivity contribution is 6.35. The lowest BCUT2D eigenvalue weighted by Crippen LogP contribution is -2.40. The van der Waals surface area contributed by atoms with E-state index < -0.39 is 0 Å². The third kappa shape index (κ3) is 3.75. The molecule has 192 valence electrons. The zero-order valence-corrected chi connectivity index (χ0v) is 21.5. The Morgan fingerprint density at radius 1 is 0.700 bits per heavy atom. The maximum Gasteiger partial charge on any atom is 0.265 e. The van der Waals surface area contributed by atoms with Crippen LogP contribution < -0.4 is 15.0 Å². The van der Waals surface area contributed by atoms with Gasteiger partial charge in [0, 0.05) is 44.9 Å². The molecule has 40 heavy (non-hydrogen) atoms. The van der Waals surface area contributed by atoms with E-state index in [0.717, 1.165) is 33.3 Å². The van der Waals surface area contributed by atoms with Crippen molar-refractivity contribution in [2.45, 2.75) is 0 Å². The fraction of sp³-hybridized carbons (Fsp3) is 0.0303. The normalized spacial score (nSPS) is 12.7. The molecule has 0 fully saturated rings. The smallest absolute Gasteiger partial charge is 0.265 e. The summed E-state index contributed by atoms with van der Waals surface area (Å²) in [4.78, 5) is 37.3. The van der Waals surface area contributed by atoms with E-state index in [-0.39, 0.29) is 11.8 Å². The van der Waals surface area contributed by atoms with E-state index in [4.69, 9.17) is 9.72 Å². The second-order valence-corrected chi connectivity index (χ2v) is 9.46. The van der Waals surface area contributed by atoms with Crippen LogP contribution in [0.2, 0.25) is 0 Å². The number of fused-ring (bicyclic) bond motifs is 1. The number of rotatable bonds is 5. The van der Waals surface area contributed by atoms with E-state index in [2.05, 4.69) is 10.3 Å². The molecule has 2 aromatic heterocycles. The zero-order valence-electron chi connectivity index (χ0n) is 21.5. The Morgan fingerprint density at radius 2 is 1.38 bits per heavy atom. The second kappa shape index (κ2) is 9.32. The average Bonchev–Trinajstić information content (AvgIpc) is 3.00. The summed E-state index contributed by atoms with van der Waals surface area (Å²) in [5.41, 5.74) is 4.62. The molecule has 0 saturated carbocycles. The molecule has 0 aliphatic carbocycles. The summed E-state index contributed by atoms with van der Waals surface area (Å²) < 4.78 is 5.63. The lowest BCUT2D eigenvalue weighted by molar-refractivity contribution is 0.0893. The maximum absolute atomic E-state index is 13.4. The van der Waals surface area contributed by atoms with Crippen molar-refractivity contribution < 1.29 is 14.3 Å². The number of anilines is 3. The van der Waals surface area contributed by atoms with Gasteiger partial charge < -0.3 is 10.1 Å². The number of aromatic nitrogens is 2. The third-order valence-electron chi connectivity index (χ3n) is 7.15. The van der Waals surface area contributed by atoms with Crippen molar-refractivity contribution in [3.05, 3.63) is 120 Å². The highest BCUT2D eigenvalue weighted by Crippen LogP contribution is 2.38. The van der Waals surface area contributed by atoms with Crippen LogP contribution in [-0.2, 0) is 0 Å². The van der Waals surface area contributed by atoms with Gasteiger partial charge in [0.2, 0.25) is 0 Å². The number of nitrogens with zero attached hydrogens (tertiary/aromatic N) is 3. The van der Waals surface area contributed by atoms with Crippen molar-refractivity contribution in [3.63, 3.8) is 0 Å². The monoisotopic (exact) mass is 522 g/mol. The number of hydrogen-bond acceptors (Lipinski definition) is 6. The van der Waals surface area contributed by atoms with Crippen molar-refractivity contribution >= 4 is 50.8 Å². The Morgan fingerprint density at radius 3 is 2.10 bits per heavy atom. The molecular formula is C33H22N4O3. The molecule has 7 rings (SSSR count). The summed E-state index contributed by atoms with van der Waals surface area (Å²) in [6.07, 6.45) is 1.71. The largest absolute Gasteiger partial charge is 0.496 e. The summed E-state index contributed by atoms with van der Waals surface area (Å²) in [7, 11) is 1.64. The van der Waals surface area contributed by atoms with Gasteiger partial charge in [-0.2, -0.15) is 0 Å². The van der Waals surface area contributed by atoms with Crippen LogP contribution in [-0.4, -0.2) is 28.9 Å². The van der Waals surface area contributed by atoms with E-state index in [1.165, 1.54) is 4.90 Å². The fourth-order valence-electron chi connectivity index (χ4n) is 5.27. The molecule has 0 unspecified atom stereocenters. The predicted molar refractivity (Wildman–Crippen MR) is 156 cm³/mol. The topological polar surface area (TPSA) is 84.4 Å². The van der Waals surface area contributed by atoms with Gasteiger partial charge in [0.05, 0.1) is 12.8 Å². The number of imide groups is 1. The van der Waals surface area contributed by atoms with E-state index >= 15 is 0 Å². The summed E-state index contributed by atoms with van der Waals surface area (Å²) in [6.45, 7) is 0. The molecule has 0 bridgehead atoms.